The summed E-state index contributed by atoms with van der Waals surface area (Å²) in [6.07, 6.45) is 4.20. The highest BCUT2D eigenvalue weighted by Gasteiger charge is 2.23. The van der Waals surface area contributed by atoms with Crippen LogP contribution in [-0.4, -0.2) is 22.0 Å². The van der Waals surface area contributed by atoms with E-state index < -0.39 is 5.97 Å². The number of amides is 1. The third-order valence-electron chi connectivity index (χ3n) is 3.89. The highest BCUT2D eigenvalue weighted by atomic mass is 16.4. The van der Waals surface area contributed by atoms with E-state index in [-0.39, 0.29) is 12.3 Å². The number of carboxylic acid groups (broad SMARTS) is 1. The number of anilines is 1. The van der Waals surface area contributed by atoms with E-state index in [0.29, 0.717) is 12.0 Å². The topological polar surface area (TPSA) is 82.2 Å². The Morgan fingerprint density at radius 2 is 2.09 bits per heavy atom. The summed E-state index contributed by atoms with van der Waals surface area (Å²) in [4.78, 5) is 25.9. The van der Waals surface area contributed by atoms with Crippen LogP contribution in [0.5, 0.6) is 0 Å². The summed E-state index contributed by atoms with van der Waals surface area (Å²) in [5.41, 5.74) is 5.09. The van der Waals surface area contributed by atoms with E-state index in [1.54, 1.807) is 0 Å². The van der Waals surface area contributed by atoms with E-state index in [2.05, 4.69) is 10.3 Å². The highest BCUT2D eigenvalue weighted by Crippen LogP contribution is 2.33. The summed E-state index contributed by atoms with van der Waals surface area (Å²) < 4.78 is 0. The first-order chi connectivity index (χ1) is 10.6. The van der Waals surface area contributed by atoms with E-state index in [1.807, 2.05) is 43.5 Å². The SMILES string of the molecule is Cc1c(CCC(=O)O)c[nH]c1C=C1C(=O)Nc2ccccc21. The summed E-state index contributed by atoms with van der Waals surface area (Å²) in [7, 11) is 0. The number of aliphatic carboxylic acids is 1. The molecular weight excluding hydrogens is 280 g/mol. The van der Waals surface area contributed by atoms with Crippen molar-refractivity contribution < 1.29 is 14.7 Å². The molecule has 0 atom stereocenters. The van der Waals surface area contributed by atoms with Gasteiger partial charge in [0.05, 0.1) is 5.57 Å². The molecule has 0 fully saturated rings. The number of aryl methyl sites for hydroxylation is 1. The molecule has 5 nitrogen and oxygen atoms in total. The Bertz CT molecular complexity index is 787. The molecule has 0 radical (unpaired) electrons. The summed E-state index contributed by atoms with van der Waals surface area (Å²) in [5.74, 6) is -0.938. The first-order valence-corrected chi connectivity index (χ1v) is 7.07. The summed E-state index contributed by atoms with van der Waals surface area (Å²) in [6, 6.07) is 7.55. The molecule has 1 amide bonds. The molecule has 0 spiro atoms. The van der Waals surface area contributed by atoms with Crippen LogP contribution in [0.2, 0.25) is 0 Å². The minimum absolute atomic E-state index is 0.0953. The number of carbonyl (C=O) groups is 2. The molecule has 1 aromatic heterocycles. The van der Waals surface area contributed by atoms with E-state index in [1.165, 1.54) is 0 Å². The van der Waals surface area contributed by atoms with Crippen LogP contribution in [0.15, 0.2) is 30.5 Å². The molecular formula is C17H16N2O3. The van der Waals surface area contributed by atoms with E-state index in [4.69, 9.17) is 5.11 Å². The van der Waals surface area contributed by atoms with Gasteiger partial charge in [0.2, 0.25) is 0 Å². The Labute approximate surface area is 127 Å². The second-order valence-corrected chi connectivity index (χ2v) is 5.30. The Balaban J connectivity index is 1.93. The lowest BCUT2D eigenvalue weighted by Crippen LogP contribution is -2.03. The molecule has 0 aliphatic carbocycles. The number of benzene rings is 1. The summed E-state index contributed by atoms with van der Waals surface area (Å²) >= 11 is 0. The maximum atomic E-state index is 12.1. The van der Waals surface area contributed by atoms with E-state index >= 15 is 0 Å². The number of fused-ring (bicyclic) bond motifs is 1. The van der Waals surface area contributed by atoms with Gasteiger partial charge in [-0.15, -0.1) is 0 Å². The molecule has 3 rings (SSSR count). The molecule has 0 saturated heterocycles. The van der Waals surface area contributed by atoms with Crippen molar-refractivity contribution in [3.05, 3.63) is 52.8 Å². The van der Waals surface area contributed by atoms with Crippen molar-refractivity contribution in [3.63, 3.8) is 0 Å². The molecule has 2 heterocycles. The molecule has 0 saturated carbocycles. The second kappa shape index (κ2) is 5.52. The van der Waals surface area contributed by atoms with Crippen LogP contribution >= 0.6 is 0 Å². The molecule has 2 aromatic rings. The van der Waals surface area contributed by atoms with Crippen LogP contribution in [0.4, 0.5) is 5.69 Å². The molecule has 0 unspecified atom stereocenters. The first-order valence-electron chi connectivity index (χ1n) is 7.07. The molecule has 22 heavy (non-hydrogen) atoms. The molecule has 1 aliphatic rings. The molecule has 1 aromatic carbocycles. The van der Waals surface area contributed by atoms with Crippen LogP contribution in [0.25, 0.3) is 11.6 Å². The van der Waals surface area contributed by atoms with Gasteiger partial charge in [0.25, 0.3) is 5.91 Å². The number of H-pyrrole nitrogens is 1. The number of nitrogens with one attached hydrogen (secondary N) is 2. The van der Waals surface area contributed by atoms with Gasteiger partial charge in [0, 0.05) is 29.6 Å². The lowest BCUT2D eigenvalue weighted by Gasteiger charge is -2.00. The lowest BCUT2D eigenvalue weighted by molar-refractivity contribution is -0.137. The predicted molar refractivity (Wildman–Crippen MR) is 84.4 cm³/mol. The van der Waals surface area contributed by atoms with E-state index in [0.717, 1.165) is 28.1 Å². The zero-order valence-corrected chi connectivity index (χ0v) is 12.1. The number of hydrogen-bond acceptors (Lipinski definition) is 2. The van der Waals surface area contributed by atoms with Crippen LogP contribution in [0.1, 0.15) is 28.8 Å². The van der Waals surface area contributed by atoms with Gasteiger partial charge in [-0.25, -0.2) is 0 Å². The first kappa shape index (κ1) is 14.1. The number of carboxylic acids is 1. The van der Waals surface area contributed by atoms with Crippen LogP contribution < -0.4 is 5.32 Å². The van der Waals surface area contributed by atoms with E-state index in [9.17, 15) is 9.59 Å². The second-order valence-electron chi connectivity index (χ2n) is 5.30. The average molecular weight is 296 g/mol. The maximum absolute atomic E-state index is 12.1. The van der Waals surface area contributed by atoms with Crippen LogP contribution in [0, 0.1) is 6.92 Å². The number of hydrogen-bond donors (Lipinski definition) is 3. The molecule has 112 valence electrons. The van der Waals surface area contributed by atoms with Gasteiger partial charge in [0.1, 0.15) is 0 Å². The largest absolute Gasteiger partial charge is 0.481 e. The van der Waals surface area contributed by atoms with Gasteiger partial charge in [-0.1, -0.05) is 18.2 Å². The fourth-order valence-electron chi connectivity index (χ4n) is 2.63. The monoisotopic (exact) mass is 296 g/mol. The highest BCUT2D eigenvalue weighted by molar-refractivity contribution is 6.34. The Hall–Kier alpha value is -2.82. The standard InChI is InChI=1S/C17H16N2O3/c1-10-11(6-7-16(20)21)9-18-15(10)8-13-12-4-2-3-5-14(12)19-17(13)22/h2-5,8-9,18H,6-7H2,1H3,(H,19,22)(H,20,21). The minimum Gasteiger partial charge on any atom is -0.481 e. The Kier molecular flexibility index (Phi) is 3.55. The number of para-hydroxylation sites is 1. The van der Waals surface area contributed by atoms with Crippen molar-refractivity contribution in [3.8, 4) is 0 Å². The Morgan fingerprint density at radius 1 is 1.32 bits per heavy atom. The third kappa shape index (κ3) is 2.53. The van der Waals surface area contributed by atoms with Gasteiger partial charge < -0.3 is 15.4 Å². The van der Waals surface area contributed by atoms with Gasteiger partial charge in [-0.2, -0.15) is 0 Å². The normalized spacial score (nSPS) is 15.0. The average Bonchev–Trinajstić information content (AvgIpc) is 2.99. The van der Waals surface area contributed by atoms with Crippen molar-refractivity contribution in [1.29, 1.82) is 0 Å². The fraction of sp³-hybridized carbons (Fsp3) is 0.176. The number of aromatic nitrogens is 1. The summed E-state index contributed by atoms with van der Waals surface area (Å²) in [6.45, 7) is 1.93. The molecule has 1 aliphatic heterocycles. The third-order valence-corrected chi connectivity index (χ3v) is 3.89. The quantitative estimate of drug-likeness (QED) is 0.759. The van der Waals surface area contributed by atoms with Crippen molar-refractivity contribution in [2.45, 2.75) is 19.8 Å². The number of rotatable bonds is 4. The van der Waals surface area contributed by atoms with Crippen molar-refractivity contribution in [2.75, 3.05) is 5.32 Å². The predicted octanol–water partition coefficient (Wildman–Crippen LogP) is 2.83. The Morgan fingerprint density at radius 3 is 2.86 bits per heavy atom. The zero-order valence-electron chi connectivity index (χ0n) is 12.1. The minimum atomic E-state index is -0.815. The maximum Gasteiger partial charge on any atom is 0.303 e. The van der Waals surface area contributed by atoms with Gasteiger partial charge in [-0.05, 0) is 36.6 Å². The van der Waals surface area contributed by atoms with Crippen molar-refractivity contribution in [1.82, 2.24) is 4.98 Å². The van der Waals surface area contributed by atoms with Gasteiger partial charge in [0.15, 0.2) is 0 Å². The molecule has 0 bridgehead atoms. The van der Waals surface area contributed by atoms with Gasteiger partial charge in [-0.3, -0.25) is 9.59 Å². The number of carbonyl (C=O) groups excluding carboxylic acids is 1. The van der Waals surface area contributed by atoms with Crippen LogP contribution in [-0.2, 0) is 16.0 Å². The summed E-state index contributed by atoms with van der Waals surface area (Å²) in [5, 5.41) is 11.6. The number of aromatic amines is 1. The fourth-order valence-corrected chi connectivity index (χ4v) is 2.63. The zero-order chi connectivity index (χ0) is 15.7. The smallest absolute Gasteiger partial charge is 0.303 e. The van der Waals surface area contributed by atoms with Crippen molar-refractivity contribution >= 4 is 29.2 Å². The molecule has 5 heteroatoms. The van der Waals surface area contributed by atoms with Crippen LogP contribution in [0.3, 0.4) is 0 Å². The lowest BCUT2D eigenvalue weighted by atomic mass is 10.0. The van der Waals surface area contributed by atoms with Gasteiger partial charge >= 0.3 is 5.97 Å². The van der Waals surface area contributed by atoms with Crippen molar-refractivity contribution in [2.24, 2.45) is 0 Å². The molecule has 3 N–H and O–H groups in total.